The number of nitrogens with one attached hydrogen (secondary N) is 1. The number of anilines is 1. The van der Waals surface area contributed by atoms with Crippen LogP contribution in [-0.2, 0) is 11.3 Å². The van der Waals surface area contributed by atoms with Gasteiger partial charge in [0, 0.05) is 45.5 Å². The molecule has 152 valence electrons. The van der Waals surface area contributed by atoms with Gasteiger partial charge in [0.15, 0.2) is 5.69 Å². The Hall–Kier alpha value is -2.33. The zero-order chi connectivity index (χ0) is 19.9. The van der Waals surface area contributed by atoms with Gasteiger partial charge < -0.3 is 19.6 Å². The van der Waals surface area contributed by atoms with Crippen LogP contribution in [0.4, 0.5) is 10.1 Å². The highest BCUT2D eigenvalue weighted by atomic mass is 19.1. The zero-order valence-corrected chi connectivity index (χ0v) is 15.8. The molecule has 1 fully saturated rings. The average molecular weight is 392 g/mol. The van der Waals surface area contributed by atoms with E-state index < -0.39 is 12.0 Å². The molecule has 1 aliphatic rings. The summed E-state index contributed by atoms with van der Waals surface area (Å²) in [5.41, 5.74) is 0.670. The van der Waals surface area contributed by atoms with Crippen LogP contribution in [0.5, 0.6) is 0 Å². The van der Waals surface area contributed by atoms with Gasteiger partial charge in [0.1, 0.15) is 12.1 Å². The highest BCUT2D eigenvalue weighted by molar-refractivity contribution is 6.02. The Morgan fingerprint density at radius 2 is 1.96 bits per heavy atom. The van der Waals surface area contributed by atoms with Gasteiger partial charge >= 0.3 is 0 Å². The number of β-amino-alcohol motifs (C(OH)–C–C–N with tert-alkyl or cyclic N) is 1. The van der Waals surface area contributed by atoms with Crippen molar-refractivity contribution in [2.45, 2.75) is 12.6 Å². The summed E-state index contributed by atoms with van der Waals surface area (Å²) in [6.07, 6.45) is 0.844. The SMILES string of the molecule is COCC(O)CN1CCN(Cc2nc(C(=O)Nc3ccc(F)cc3)co2)CC1. The summed E-state index contributed by atoms with van der Waals surface area (Å²) < 4.78 is 23.3. The van der Waals surface area contributed by atoms with E-state index in [4.69, 9.17) is 9.15 Å². The lowest BCUT2D eigenvalue weighted by Crippen LogP contribution is -2.48. The van der Waals surface area contributed by atoms with Gasteiger partial charge in [0.25, 0.3) is 5.91 Å². The molecule has 0 bridgehead atoms. The van der Waals surface area contributed by atoms with Crippen molar-refractivity contribution in [3.05, 3.63) is 47.9 Å². The number of methoxy groups -OCH3 is 1. The largest absolute Gasteiger partial charge is 0.447 e. The molecule has 1 aliphatic heterocycles. The van der Waals surface area contributed by atoms with Gasteiger partial charge in [-0.15, -0.1) is 0 Å². The van der Waals surface area contributed by atoms with Gasteiger partial charge in [-0.2, -0.15) is 0 Å². The van der Waals surface area contributed by atoms with Crippen molar-refractivity contribution in [2.75, 3.05) is 51.8 Å². The van der Waals surface area contributed by atoms with Crippen LogP contribution in [0.3, 0.4) is 0 Å². The first-order valence-corrected chi connectivity index (χ1v) is 9.16. The number of halogens is 1. The van der Waals surface area contributed by atoms with Crippen molar-refractivity contribution in [1.82, 2.24) is 14.8 Å². The molecule has 0 radical (unpaired) electrons. The number of carbonyl (C=O) groups is 1. The van der Waals surface area contributed by atoms with Crippen LogP contribution in [0, 0.1) is 5.82 Å². The standard InChI is InChI=1S/C19H25FN4O4/c1-27-12-16(25)10-23-6-8-24(9-7-23)11-18-22-17(13-28-18)19(26)21-15-4-2-14(20)3-5-15/h2-5,13,16,25H,6-12H2,1H3,(H,21,26). The molecule has 1 aromatic heterocycles. The average Bonchev–Trinajstić information content (AvgIpc) is 3.14. The summed E-state index contributed by atoms with van der Waals surface area (Å²) >= 11 is 0. The second-order valence-corrected chi connectivity index (χ2v) is 6.77. The van der Waals surface area contributed by atoms with Gasteiger partial charge in [0.2, 0.25) is 5.89 Å². The van der Waals surface area contributed by atoms with Crippen LogP contribution in [-0.4, -0.2) is 78.3 Å². The molecule has 0 saturated carbocycles. The molecule has 8 nitrogen and oxygen atoms in total. The number of benzene rings is 1. The Balaban J connectivity index is 1.46. The maximum Gasteiger partial charge on any atom is 0.277 e. The van der Waals surface area contributed by atoms with Crippen LogP contribution in [0.2, 0.25) is 0 Å². The van der Waals surface area contributed by atoms with Crippen LogP contribution in [0.25, 0.3) is 0 Å². The van der Waals surface area contributed by atoms with E-state index in [-0.39, 0.29) is 11.5 Å². The maximum absolute atomic E-state index is 12.9. The number of hydrogen-bond donors (Lipinski definition) is 2. The number of aromatic nitrogens is 1. The summed E-state index contributed by atoms with van der Waals surface area (Å²) in [5, 5.41) is 12.5. The Labute approximate surface area is 162 Å². The third-order valence-electron chi connectivity index (χ3n) is 4.54. The van der Waals surface area contributed by atoms with E-state index in [1.807, 2.05) is 0 Å². The van der Waals surface area contributed by atoms with Gasteiger partial charge in [-0.05, 0) is 24.3 Å². The van der Waals surface area contributed by atoms with Crippen molar-refractivity contribution >= 4 is 11.6 Å². The molecular weight excluding hydrogens is 367 g/mol. The molecule has 2 heterocycles. The lowest BCUT2D eigenvalue weighted by atomic mass is 10.2. The number of aliphatic hydroxyl groups excluding tert-OH is 1. The number of hydrogen-bond acceptors (Lipinski definition) is 7. The zero-order valence-electron chi connectivity index (χ0n) is 15.8. The van der Waals surface area contributed by atoms with Crippen molar-refractivity contribution in [1.29, 1.82) is 0 Å². The van der Waals surface area contributed by atoms with E-state index in [1.165, 1.54) is 30.5 Å². The predicted octanol–water partition coefficient (Wildman–Crippen LogP) is 1.19. The van der Waals surface area contributed by atoms with Gasteiger partial charge in [-0.3, -0.25) is 14.6 Å². The van der Waals surface area contributed by atoms with Crippen molar-refractivity contribution in [3.8, 4) is 0 Å². The Bertz CT molecular complexity index is 760. The van der Waals surface area contributed by atoms with E-state index in [1.54, 1.807) is 7.11 Å². The lowest BCUT2D eigenvalue weighted by Gasteiger charge is -2.34. The normalized spacial score (nSPS) is 16.8. The van der Waals surface area contributed by atoms with Crippen LogP contribution >= 0.6 is 0 Å². The van der Waals surface area contributed by atoms with Crippen LogP contribution in [0.1, 0.15) is 16.4 Å². The minimum absolute atomic E-state index is 0.181. The van der Waals surface area contributed by atoms with E-state index in [9.17, 15) is 14.3 Å². The molecule has 1 saturated heterocycles. The van der Waals surface area contributed by atoms with E-state index in [0.29, 0.717) is 31.3 Å². The fourth-order valence-corrected chi connectivity index (χ4v) is 3.08. The molecule has 1 aromatic carbocycles. The predicted molar refractivity (Wildman–Crippen MR) is 100 cm³/mol. The molecule has 1 unspecified atom stereocenters. The molecular formula is C19H25FN4O4. The minimum Gasteiger partial charge on any atom is -0.447 e. The van der Waals surface area contributed by atoms with E-state index >= 15 is 0 Å². The van der Waals surface area contributed by atoms with Crippen molar-refractivity contribution in [2.24, 2.45) is 0 Å². The Kier molecular flexibility index (Phi) is 7.10. The van der Waals surface area contributed by atoms with Crippen molar-refractivity contribution in [3.63, 3.8) is 0 Å². The topological polar surface area (TPSA) is 91.1 Å². The summed E-state index contributed by atoms with van der Waals surface area (Å²) in [6.45, 7) is 4.74. The number of carbonyl (C=O) groups excluding carboxylic acids is 1. The third kappa shape index (κ3) is 5.83. The molecule has 2 N–H and O–H groups in total. The number of rotatable bonds is 8. The molecule has 28 heavy (non-hydrogen) atoms. The second kappa shape index (κ2) is 9.74. The first-order chi connectivity index (χ1) is 13.5. The number of oxazole rings is 1. The summed E-state index contributed by atoms with van der Waals surface area (Å²) in [4.78, 5) is 20.8. The molecule has 1 amide bonds. The summed E-state index contributed by atoms with van der Waals surface area (Å²) in [5.74, 6) is -0.300. The van der Waals surface area contributed by atoms with Crippen LogP contribution in [0.15, 0.2) is 34.9 Å². The smallest absolute Gasteiger partial charge is 0.277 e. The van der Waals surface area contributed by atoms with Crippen molar-refractivity contribution < 1.29 is 23.4 Å². The fourth-order valence-electron chi connectivity index (χ4n) is 3.08. The molecule has 9 heteroatoms. The Morgan fingerprint density at radius 3 is 2.64 bits per heavy atom. The highest BCUT2D eigenvalue weighted by Crippen LogP contribution is 2.13. The first kappa shape index (κ1) is 20.4. The highest BCUT2D eigenvalue weighted by Gasteiger charge is 2.21. The van der Waals surface area contributed by atoms with Gasteiger partial charge in [-0.1, -0.05) is 0 Å². The monoisotopic (exact) mass is 392 g/mol. The van der Waals surface area contributed by atoms with E-state index in [2.05, 4.69) is 20.1 Å². The number of aliphatic hydroxyl groups is 1. The molecule has 2 aromatic rings. The minimum atomic E-state index is -0.481. The quantitative estimate of drug-likeness (QED) is 0.697. The second-order valence-electron chi connectivity index (χ2n) is 6.77. The van der Waals surface area contributed by atoms with Gasteiger partial charge in [0.05, 0.1) is 19.3 Å². The van der Waals surface area contributed by atoms with Crippen LogP contribution < -0.4 is 5.32 Å². The first-order valence-electron chi connectivity index (χ1n) is 9.16. The Morgan fingerprint density at radius 1 is 1.29 bits per heavy atom. The van der Waals surface area contributed by atoms with E-state index in [0.717, 1.165) is 26.2 Å². The third-order valence-corrected chi connectivity index (χ3v) is 4.54. The fraction of sp³-hybridized carbons (Fsp3) is 0.474. The maximum atomic E-state index is 12.9. The molecule has 1 atom stereocenters. The summed E-state index contributed by atoms with van der Waals surface area (Å²) in [6, 6.07) is 5.52. The lowest BCUT2D eigenvalue weighted by molar-refractivity contribution is 0.0221. The summed E-state index contributed by atoms with van der Waals surface area (Å²) in [7, 11) is 1.58. The number of piperazine rings is 1. The number of ether oxygens (including phenoxy) is 1. The molecule has 0 aliphatic carbocycles. The van der Waals surface area contributed by atoms with Gasteiger partial charge in [-0.25, -0.2) is 9.37 Å². The molecule has 3 rings (SSSR count). The number of amides is 1. The number of nitrogens with zero attached hydrogens (tertiary/aromatic N) is 3. The molecule has 0 spiro atoms.